The van der Waals surface area contributed by atoms with Crippen molar-refractivity contribution in [3.05, 3.63) is 109 Å². The molecule has 3 aromatic heterocycles. The van der Waals surface area contributed by atoms with Gasteiger partial charge < -0.3 is 4.57 Å². The van der Waals surface area contributed by atoms with Gasteiger partial charge in [0.15, 0.2) is 11.5 Å². The van der Waals surface area contributed by atoms with Crippen LogP contribution in [0.15, 0.2) is 103 Å². The van der Waals surface area contributed by atoms with E-state index in [9.17, 15) is 0 Å². The minimum absolute atomic E-state index is 0.849. The van der Waals surface area contributed by atoms with Crippen LogP contribution < -0.4 is 0 Å². The molecule has 0 aliphatic rings. The zero-order chi connectivity index (χ0) is 21.9. The fraction of sp³-hybridized carbons (Fsp3) is 0.0345. The molecule has 7 rings (SSSR count). The van der Waals surface area contributed by atoms with E-state index in [1.54, 1.807) is 0 Å². The first-order valence-electron chi connectivity index (χ1n) is 11.1. The first-order chi connectivity index (χ1) is 16.3. The van der Waals surface area contributed by atoms with Gasteiger partial charge in [-0.25, -0.2) is 0 Å². The molecule has 0 N–H and O–H groups in total. The van der Waals surface area contributed by atoms with E-state index in [2.05, 4.69) is 129 Å². The Labute approximate surface area is 190 Å². The van der Waals surface area contributed by atoms with Crippen molar-refractivity contribution in [2.75, 3.05) is 0 Å². The highest BCUT2D eigenvalue weighted by molar-refractivity contribution is 6.09. The van der Waals surface area contributed by atoms with E-state index in [-0.39, 0.29) is 0 Å². The number of aryl methyl sites for hydroxylation is 1. The lowest BCUT2D eigenvalue weighted by atomic mass is 10.1. The average Bonchev–Trinajstić information content (AvgIpc) is 3.44. The van der Waals surface area contributed by atoms with Crippen molar-refractivity contribution >= 4 is 38.2 Å². The summed E-state index contributed by atoms with van der Waals surface area (Å²) in [6.45, 7) is 2.13. The van der Waals surface area contributed by atoms with Crippen LogP contribution in [0.1, 0.15) is 5.56 Å². The molecule has 3 heterocycles. The van der Waals surface area contributed by atoms with E-state index in [1.807, 2.05) is 0 Å². The molecule has 0 atom stereocenters. The van der Waals surface area contributed by atoms with Crippen molar-refractivity contribution in [1.82, 2.24) is 19.2 Å². The molecule has 0 unspecified atom stereocenters. The van der Waals surface area contributed by atoms with Crippen molar-refractivity contribution < 1.29 is 0 Å². The normalized spacial score (nSPS) is 11.8. The molecule has 33 heavy (non-hydrogen) atoms. The maximum atomic E-state index is 4.54. The number of rotatable bonds is 2. The van der Waals surface area contributed by atoms with E-state index in [0.717, 1.165) is 28.1 Å². The Hall–Kier alpha value is -4.44. The van der Waals surface area contributed by atoms with Crippen LogP contribution in [0.5, 0.6) is 0 Å². The van der Waals surface area contributed by atoms with Crippen LogP contribution in [0.3, 0.4) is 0 Å². The van der Waals surface area contributed by atoms with Gasteiger partial charge in [0.05, 0.1) is 11.0 Å². The van der Waals surface area contributed by atoms with Crippen molar-refractivity contribution in [2.24, 2.45) is 0 Å². The molecule has 4 nitrogen and oxygen atoms in total. The molecule has 0 amide bonds. The molecule has 156 valence electrons. The van der Waals surface area contributed by atoms with E-state index >= 15 is 0 Å². The lowest BCUT2D eigenvalue weighted by molar-refractivity contribution is 1.11. The third-order valence-corrected chi connectivity index (χ3v) is 6.61. The van der Waals surface area contributed by atoms with Crippen molar-refractivity contribution in [3.63, 3.8) is 0 Å². The summed E-state index contributed by atoms with van der Waals surface area (Å²) in [6.07, 6.45) is 2.07. The van der Waals surface area contributed by atoms with Crippen LogP contribution in [-0.2, 0) is 0 Å². The number of pyridine rings is 1. The molecule has 0 fully saturated rings. The Morgan fingerprint density at radius 1 is 0.576 bits per heavy atom. The van der Waals surface area contributed by atoms with Gasteiger partial charge in [-0.3, -0.25) is 4.40 Å². The molecule has 7 aromatic rings. The van der Waals surface area contributed by atoms with Gasteiger partial charge in [-0.05, 0) is 60.3 Å². The second-order valence-electron chi connectivity index (χ2n) is 8.49. The Bertz CT molecular complexity index is 1770. The summed E-state index contributed by atoms with van der Waals surface area (Å²) >= 11 is 0. The lowest BCUT2D eigenvalue weighted by Crippen LogP contribution is -1.95. The molecule has 4 heteroatoms. The number of benzene rings is 4. The zero-order valence-corrected chi connectivity index (χ0v) is 18.1. The SMILES string of the molecule is Cc1cccc2c1ccn1c(-c3ccc(-n4c5ccccc5c5ccccc54)cc3)nnc21. The molecule has 4 aromatic carbocycles. The van der Waals surface area contributed by atoms with E-state index in [4.69, 9.17) is 0 Å². The van der Waals surface area contributed by atoms with Gasteiger partial charge in [0, 0.05) is 33.6 Å². The van der Waals surface area contributed by atoms with Crippen LogP contribution in [0.4, 0.5) is 0 Å². The summed E-state index contributed by atoms with van der Waals surface area (Å²) in [5, 5.41) is 13.9. The Kier molecular flexibility index (Phi) is 3.73. The highest BCUT2D eigenvalue weighted by Crippen LogP contribution is 2.32. The van der Waals surface area contributed by atoms with Gasteiger partial charge in [-0.15, -0.1) is 10.2 Å². The van der Waals surface area contributed by atoms with Gasteiger partial charge in [0.2, 0.25) is 0 Å². The minimum atomic E-state index is 0.849. The number of hydrogen-bond acceptors (Lipinski definition) is 2. The molecule has 0 aliphatic heterocycles. The first-order valence-corrected chi connectivity index (χ1v) is 11.1. The van der Waals surface area contributed by atoms with Crippen LogP contribution in [0.25, 0.3) is 55.3 Å². The Balaban J connectivity index is 1.39. The fourth-order valence-corrected chi connectivity index (χ4v) is 5.02. The summed E-state index contributed by atoms with van der Waals surface area (Å²) in [7, 11) is 0. The standard InChI is InChI=1S/C29H20N4/c1-19-7-6-10-25-22(19)17-18-32-28(30-31-29(25)32)20-13-15-21(16-14-20)33-26-11-4-2-8-23(26)24-9-3-5-12-27(24)33/h2-18H,1H3. The predicted octanol–water partition coefficient (Wildman–Crippen LogP) is 6.96. The molecule has 0 aliphatic carbocycles. The van der Waals surface area contributed by atoms with E-state index in [1.165, 1.54) is 32.8 Å². The van der Waals surface area contributed by atoms with E-state index < -0.39 is 0 Å². The summed E-state index contributed by atoms with van der Waals surface area (Å²) in [4.78, 5) is 0. The van der Waals surface area contributed by atoms with Crippen LogP contribution >= 0.6 is 0 Å². The van der Waals surface area contributed by atoms with Crippen LogP contribution in [-0.4, -0.2) is 19.2 Å². The Morgan fingerprint density at radius 3 is 1.97 bits per heavy atom. The van der Waals surface area contributed by atoms with Gasteiger partial charge >= 0.3 is 0 Å². The molecule has 0 saturated carbocycles. The van der Waals surface area contributed by atoms with Gasteiger partial charge in [0.25, 0.3) is 0 Å². The number of aromatic nitrogens is 4. The number of para-hydroxylation sites is 2. The largest absolute Gasteiger partial charge is 0.309 e. The summed E-state index contributed by atoms with van der Waals surface area (Å²) in [6, 6.07) is 34.2. The topological polar surface area (TPSA) is 35.1 Å². The zero-order valence-electron chi connectivity index (χ0n) is 18.1. The maximum absolute atomic E-state index is 4.54. The van der Waals surface area contributed by atoms with Gasteiger partial charge in [-0.1, -0.05) is 54.6 Å². The quantitative estimate of drug-likeness (QED) is 0.301. The smallest absolute Gasteiger partial charge is 0.168 e. The number of hydrogen-bond donors (Lipinski definition) is 0. The second kappa shape index (κ2) is 6.78. The lowest BCUT2D eigenvalue weighted by Gasteiger charge is -2.09. The predicted molar refractivity (Wildman–Crippen MR) is 135 cm³/mol. The average molecular weight is 425 g/mol. The summed E-state index contributed by atoms with van der Waals surface area (Å²) in [5.74, 6) is 0.849. The summed E-state index contributed by atoms with van der Waals surface area (Å²) < 4.78 is 4.41. The van der Waals surface area contributed by atoms with Gasteiger partial charge in [-0.2, -0.15) is 0 Å². The molecule has 0 saturated heterocycles. The molecule has 0 spiro atoms. The first kappa shape index (κ1) is 18.2. The molecular weight excluding hydrogens is 404 g/mol. The van der Waals surface area contributed by atoms with Crippen molar-refractivity contribution in [3.8, 4) is 17.1 Å². The van der Waals surface area contributed by atoms with Gasteiger partial charge in [0.1, 0.15) is 0 Å². The number of fused-ring (bicyclic) bond motifs is 6. The number of nitrogens with zero attached hydrogens (tertiary/aromatic N) is 4. The van der Waals surface area contributed by atoms with E-state index in [0.29, 0.717) is 0 Å². The maximum Gasteiger partial charge on any atom is 0.168 e. The minimum Gasteiger partial charge on any atom is -0.309 e. The second-order valence-corrected chi connectivity index (χ2v) is 8.49. The molecule has 0 bridgehead atoms. The third kappa shape index (κ3) is 2.58. The highest BCUT2D eigenvalue weighted by Gasteiger charge is 2.14. The van der Waals surface area contributed by atoms with Crippen LogP contribution in [0.2, 0.25) is 0 Å². The Morgan fingerprint density at radius 2 is 1.24 bits per heavy atom. The van der Waals surface area contributed by atoms with Crippen LogP contribution in [0, 0.1) is 6.92 Å². The summed E-state index contributed by atoms with van der Waals surface area (Å²) in [5.41, 5.74) is 6.72. The molecule has 0 radical (unpaired) electrons. The monoisotopic (exact) mass is 424 g/mol. The van der Waals surface area contributed by atoms with Crippen molar-refractivity contribution in [2.45, 2.75) is 6.92 Å². The third-order valence-electron chi connectivity index (χ3n) is 6.61. The molecular formula is C29H20N4. The van der Waals surface area contributed by atoms with Crippen molar-refractivity contribution in [1.29, 1.82) is 0 Å². The highest BCUT2D eigenvalue weighted by atomic mass is 15.2. The fourth-order valence-electron chi connectivity index (χ4n) is 5.02.